The monoisotopic (exact) mass is 266 g/mol. The smallest absolute Gasteiger partial charge is 0.236 e. The normalized spacial score (nSPS) is 16.9. The molecule has 1 aliphatic heterocycles. The van der Waals surface area contributed by atoms with Gasteiger partial charge in [-0.05, 0) is 20.9 Å². The van der Waals surface area contributed by atoms with Crippen molar-refractivity contribution in [3.8, 4) is 0 Å². The van der Waals surface area contributed by atoms with E-state index in [0.717, 1.165) is 50.1 Å². The van der Waals surface area contributed by atoms with Crippen LogP contribution in [0.5, 0.6) is 0 Å². The molecule has 6 nitrogen and oxygen atoms in total. The van der Waals surface area contributed by atoms with E-state index in [2.05, 4.69) is 15.2 Å². The Labute approximate surface area is 113 Å². The summed E-state index contributed by atoms with van der Waals surface area (Å²) >= 11 is 0. The van der Waals surface area contributed by atoms with Crippen LogP contribution in [0.25, 0.3) is 0 Å². The Morgan fingerprint density at radius 3 is 2.53 bits per heavy atom. The van der Waals surface area contributed by atoms with Gasteiger partial charge in [-0.2, -0.15) is 0 Å². The van der Waals surface area contributed by atoms with Gasteiger partial charge in [-0.15, -0.1) is 0 Å². The van der Waals surface area contributed by atoms with Crippen molar-refractivity contribution in [1.82, 2.24) is 20.1 Å². The van der Waals surface area contributed by atoms with Crippen molar-refractivity contribution >= 4 is 5.91 Å². The van der Waals surface area contributed by atoms with E-state index in [9.17, 15) is 4.79 Å². The molecule has 1 saturated heterocycles. The summed E-state index contributed by atoms with van der Waals surface area (Å²) in [5, 5.41) is 2.89. The van der Waals surface area contributed by atoms with Crippen LogP contribution in [0.15, 0.2) is 4.42 Å². The van der Waals surface area contributed by atoms with Gasteiger partial charge in [-0.25, -0.2) is 4.98 Å². The van der Waals surface area contributed by atoms with Crippen LogP contribution in [-0.2, 0) is 11.3 Å². The van der Waals surface area contributed by atoms with Gasteiger partial charge in [0.05, 0.1) is 18.8 Å². The number of nitrogens with one attached hydrogen (secondary N) is 1. The van der Waals surface area contributed by atoms with Crippen molar-refractivity contribution in [2.24, 2.45) is 0 Å². The van der Waals surface area contributed by atoms with Gasteiger partial charge >= 0.3 is 0 Å². The highest BCUT2D eigenvalue weighted by Gasteiger charge is 2.21. The van der Waals surface area contributed by atoms with E-state index >= 15 is 0 Å². The van der Waals surface area contributed by atoms with Crippen molar-refractivity contribution in [3.63, 3.8) is 0 Å². The van der Waals surface area contributed by atoms with Crippen LogP contribution in [0.3, 0.4) is 0 Å². The Kier molecular flexibility index (Phi) is 4.55. The Morgan fingerprint density at radius 2 is 2.00 bits per heavy atom. The largest absolute Gasteiger partial charge is 0.444 e. The predicted molar refractivity (Wildman–Crippen MR) is 71.8 cm³/mol. The Balaban J connectivity index is 1.82. The summed E-state index contributed by atoms with van der Waals surface area (Å²) in [5.41, 5.74) is 0.956. The van der Waals surface area contributed by atoms with Gasteiger partial charge in [-0.1, -0.05) is 0 Å². The molecule has 1 aromatic rings. The fraction of sp³-hybridized carbons (Fsp3) is 0.692. The van der Waals surface area contributed by atoms with E-state index in [1.165, 1.54) is 0 Å². The fourth-order valence-corrected chi connectivity index (χ4v) is 2.22. The number of rotatable bonds is 4. The molecule has 2 heterocycles. The van der Waals surface area contributed by atoms with E-state index in [4.69, 9.17) is 4.42 Å². The summed E-state index contributed by atoms with van der Waals surface area (Å²) in [4.78, 5) is 20.3. The molecule has 0 aliphatic carbocycles. The van der Waals surface area contributed by atoms with Gasteiger partial charge in [0.15, 0.2) is 0 Å². The van der Waals surface area contributed by atoms with Gasteiger partial charge in [0, 0.05) is 26.2 Å². The minimum atomic E-state index is 0.171. The molecule has 0 aromatic carbocycles. The molecule has 1 fully saturated rings. The lowest BCUT2D eigenvalue weighted by molar-refractivity contribution is -0.131. The molecule has 106 valence electrons. The standard InChI is InChI=1S/C13H22N4O2/c1-10-11(2)19-12(15-10)9-16-4-6-17(7-5-16)13(18)8-14-3/h14H,4-9H2,1-3H3. The maximum absolute atomic E-state index is 11.7. The quantitative estimate of drug-likeness (QED) is 0.841. The molecule has 19 heavy (non-hydrogen) atoms. The third-order valence-corrected chi connectivity index (χ3v) is 3.48. The summed E-state index contributed by atoms with van der Waals surface area (Å²) in [6.45, 7) is 8.32. The lowest BCUT2D eigenvalue weighted by Gasteiger charge is -2.34. The van der Waals surface area contributed by atoms with Crippen LogP contribution in [0.1, 0.15) is 17.3 Å². The molecule has 1 amide bonds. The number of hydrogen-bond donors (Lipinski definition) is 1. The zero-order valence-electron chi connectivity index (χ0n) is 11.9. The summed E-state index contributed by atoms with van der Waals surface area (Å²) in [5.74, 6) is 1.83. The highest BCUT2D eigenvalue weighted by molar-refractivity contribution is 5.78. The number of carbonyl (C=O) groups excluding carboxylic acids is 1. The minimum Gasteiger partial charge on any atom is -0.444 e. The van der Waals surface area contributed by atoms with Crippen molar-refractivity contribution in [1.29, 1.82) is 0 Å². The first-order chi connectivity index (χ1) is 9.10. The third kappa shape index (κ3) is 3.54. The average molecular weight is 266 g/mol. The van der Waals surface area contributed by atoms with E-state index < -0.39 is 0 Å². The molecule has 1 N–H and O–H groups in total. The molecular weight excluding hydrogens is 244 g/mol. The van der Waals surface area contributed by atoms with Crippen LogP contribution >= 0.6 is 0 Å². The van der Waals surface area contributed by atoms with Gasteiger partial charge in [0.2, 0.25) is 11.8 Å². The second kappa shape index (κ2) is 6.16. The molecule has 2 rings (SSSR count). The van der Waals surface area contributed by atoms with Crippen molar-refractivity contribution < 1.29 is 9.21 Å². The molecule has 1 aliphatic rings. The van der Waals surface area contributed by atoms with Gasteiger partial charge in [0.25, 0.3) is 0 Å². The minimum absolute atomic E-state index is 0.171. The Bertz CT molecular complexity index is 416. The second-order valence-corrected chi connectivity index (χ2v) is 4.94. The zero-order chi connectivity index (χ0) is 13.8. The van der Waals surface area contributed by atoms with E-state index in [1.807, 2.05) is 18.7 Å². The van der Waals surface area contributed by atoms with Gasteiger partial charge < -0.3 is 14.6 Å². The number of piperazine rings is 1. The summed E-state index contributed by atoms with van der Waals surface area (Å²) in [6, 6.07) is 0. The first-order valence-electron chi connectivity index (χ1n) is 6.67. The van der Waals surface area contributed by atoms with Crippen LogP contribution in [0, 0.1) is 13.8 Å². The number of hydrogen-bond acceptors (Lipinski definition) is 5. The highest BCUT2D eigenvalue weighted by atomic mass is 16.4. The molecule has 1 aromatic heterocycles. The topological polar surface area (TPSA) is 61.6 Å². The summed E-state index contributed by atoms with van der Waals surface area (Å²) < 4.78 is 5.59. The first-order valence-corrected chi connectivity index (χ1v) is 6.67. The van der Waals surface area contributed by atoms with Crippen LogP contribution in [0.2, 0.25) is 0 Å². The number of amides is 1. The van der Waals surface area contributed by atoms with Gasteiger partial charge in [-0.3, -0.25) is 9.69 Å². The van der Waals surface area contributed by atoms with Crippen molar-refractivity contribution in [2.75, 3.05) is 39.8 Å². The summed E-state index contributed by atoms with van der Waals surface area (Å²) in [6.07, 6.45) is 0. The van der Waals surface area contributed by atoms with E-state index in [0.29, 0.717) is 6.54 Å². The molecule has 0 unspecified atom stereocenters. The number of aryl methyl sites for hydroxylation is 2. The van der Waals surface area contributed by atoms with Crippen molar-refractivity contribution in [3.05, 3.63) is 17.3 Å². The molecule has 0 spiro atoms. The first kappa shape index (κ1) is 14.0. The molecule has 0 atom stereocenters. The number of oxazole rings is 1. The SMILES string of the molecule is CNCC(=O)N1CCN(Cc2nc(C)c(C)o2)CC1. The highest BCUT2D eigenvalue weighted by Crippen LogP contribution is 2.12. The number of aromatic nitrogens is 1. The summed E-state index contributed by atoms with van der Waals surface area (Å²) in [7, 11) is 1.79. The zero-order valence-corrected chi connectivity index (χ0v) is 11.9. The second-order valence-electron chi connectivity index (χ2n) is 4.94. The predicted octanol–water partition coefficient (Wildman–Crippen LogP) is 0.155. The lowest BCUT2D eigenvalue weighted by Crippen LogP contribution is -2.50. The maximum atomic E-state index is 11.7. The molecule has 0 saturated carbocycles. The Morgan fingerprint density at radius 1 is 1.32 bits per heavy atom. The maximum Gasteiger partial charge on any atom is 0.236 e. The molecule has 0 radical (unpaired) electrons. The lowest BCUT2D eigenvalue weighted by atomic mass is 10.3. The fourth-order valence-electron chi connectivity index (χ4n) is 2.22. The van der Waals surface area contributed by atoms with Gasteiger partial charge in [0.1, 0.15) is 5.76 Å². The number of carbonyl (C=O) groups is 1. The van der Waals surface area contributed by atoms with E-state index in [1.54, 1.807) is 7.05 Å². The number of nitrogens with zero attached hydrogens (tertiary/aromatic N) is 3. The van der Waals surface area contributed by atoms with E-state index in [-0.39, 0.29) is 5.91 Å². The van der Waals surface area contributed by atoms with Crippen LogP contribution < -0.4 is 5.32 Å². The third-order valence-electron chi connectivity index (χ3n) is 3.48. The van der Waals surface area contributed by atoms with Crippen LogP contribution in [0.4, 0.5) is 0 Å². The molecular formula is C13H22N4O2. The average Bonchev–Trinajstić information content (AvgIpc) is 2.69. The molecule has 6 heteroatoms. The molecule has 0 bridgehead atoms. The Hall–Kier alpha value is -1.40. The van der Waals surface area contributed by atoms with Crippen molar-refractivity contribution in [2.45, 2.75) is 20.4 Å². The number of likely N-dealkylation sites (N-methyl/N-ethyl adjacent to an activating group) is 1. The van der Waals surface area contributed by atoms with Crippen LogP contribution in [-0.4, -0.2) is 60.5 Å².